The van der Waals surface area contributed by atoms with Crippen LogP contribution >= 0.6 is 0 Å². The van der Waals surface area contributed by atoms with Gasteiger partial charge in [-0.25, -0.2) is 0 Å². The lowest BCUT2D eigenvalue weighted by atomic mass is 9.88. The molecule has 1 rings (SSSR count). The highest BCUT2D eigenvalue weighted by Crippen LogP contribution is 2.34. The fraction of sp³-hybridized carbons (Fsp3) is 0.778. The van der Waals surface area contributed by atoms with Gasteiger partial charge in [0.25, 0.3) is 0 Å². The van der Waals surface area contributed by atoms with Gasteiger partial charge in [0.15, 0.2) is 0 Å². The van der Waals surface area contributed by atoms with Gasteiger partial charge >= 0.3 is 5.97 Å². The van der Waals surface area contributed by atoms with Crippen molar-refractivity contribution < 1.29 is 24.9 Å². The van der Waals surface area contributed by atoms with Crippen molar-refractivity contribution in [2.45, 2.75) is 76.9 Å². The van der Waals surface area contributed by atoms with Crippen molar-refractivity contribution in [3.63, 3.8) is 0 Å². The van der Waals surface area contributed by atoms with Crippen molar-refractivity contribution in [1.29, 1.82) is 0 Å². The molecule has 1 aliphatic carbocycles. The number of carboxylic acid groups (broad SMARTS) is 1. The van der Waals surface area contributed by atoms with Gasteiger partial charge in [-0.3, -0.25) is 9.59 Å². The zero-order chi connectivity index (χ0) is 17.2. The molecule has 0 radical (unpaired) electrons. The number of aliphatic hydroxyl groups is 2. The zero-order valence-corrected chi connectivity index (χ0v) is 14.0. The van der Waals surface area contributed by atoms with E-state index in [2.05, 4.69) is 6.92 Å². The van der Waals surface area contributed by atoms with Crippen LogP contribution in [0.5, 0.6) is 0 Å². The van der Waals surface area contributed by atoms with Gasteiger partial charge in [-0.15, -0.1) is 0 Å². The van der Waals surface area contributed by atoms with Crippen LogP contribution in [0.25, 0.3) is 0 Å². The molecule has 5 heteroatoms. The summed E-state index contributed by atoms with van der Waals surface area (Å²) in [7, 11) is 0. The largest absolute Gasteiger partial charge is 0.481 e. The van der Waals surface area contributed by atoms with E-state index in [1.807, 2.05) is 0 Å². The molecule has 5 nitrogen and oxygen atoms in total. The number of ketones is 1. The normalized spacial score (nSPS) is 26.0. The van der Waals surface area contributed by atoms with Gasteiger partial charge in [0.05, 0.1) is 12.2 Å². The fourth-order valence-electron chi connectivity index (χ4n) is 3.19. The Kier molecular flexibility index (Phi) is 9.10. The Hall–Kier alpha value is -1.20. The highest BCUT2D eigenvalue weighted by molar-refractivity contribution is 5.84. The predicted molar refractivity (Wildman–Crippen MR) is 88.0 cm³/mol. The van der Waals surface area contributed by atoms with E-state index in [0.717, 1.165) is 25.7 Å². The fourth-order valence-corrected chi connectivity index (χ4v) is 3.19. The molecule has 0 amide bonds. The lowest BCUT2D eigenvalue weighted by Gasteiger charge is -2.18. The van der Waals surface area contributed by atoms with Crippen LogP contribution in [0, 0.1) is 11.8 Å². The Morgan fingerprint density at radius 2 is 2.04 bits per heavy atom. The van der Waals surface area contributed by atoms with Gasteiger partial charge in [0.2, 0.25) is 0 Å². The molecule has 0 aromatic carbocycles. The van der Waals surface area contributed by atoms with E-state index in [0.29, 0.717) is 19.3 Å². The molecule has 0 aromatic rings. The van der Waals surface area contributed by atoms with Crippen molar-refractivity contribution in [1.82, 2.24) is 0 Å². The zero-order valence-electron chi connectivity index (χ0n) is 14.0. The van der Waals surface area contributed by atoms with Gasteiger partial charge in [-0.05, 0) is 25.7 Å². The third kappa shape index (κ3) is 7.27. The van der Waals surface area contributed by atoms with E-state index in [4.69, 9.17) is 5.11 Å². The number of carbonyl (C=O) groups excluding carboxylic acids is 1. The molecule has 132 valence electrons. The van der Waals surface area contributed by atoms with Crippen LogP contribution in [0.15, 0.2) is 12.2 Å². The van der Waals surface area contributed by atoms with Crippen LogP contribution in [0.2, 0.25) is 0 Å². The van der Waals surface area contributed by atoms with Gasteiger partial charge in [-0.2, -0.15) is 0 Å². The first kappa shape index (κ1) is 19.8. The summed E-state index contributed by atoms with van der Waals surface area (Å²) in [6.07, 6.45) is 8.12. The molecule has 0 heterocycles. The first-order chi connectivity index (χ1) is 11.0. The quantitative estimate of drug-likeness (QED) is 0.401. The molecule has 3 N–H and O–H groups in total. The van der Waals surface area contributed by atoms with Crippen molar-refractivity contribution in [3.05, 3.63) is 12.2 Å². The number of hydrogen-bond acceptors (Lipinski definition) is 4. The number of Topliss-reactive ketones (excluding diaryl/α,β-unsaturated/α-hetero) is 1. The number of carbonyl (C=O) groups is 2. The number of carboxylic acids is 1. The summed E-state index contributed by atoms with van der Waals surface area (Å²) < 4.78 is 0. The number of unbranched alkanes of at least 4 members (excludes halogenated alkanes) is 3. The summed E-state index contributed by atoms with van der Waals surface area (Å²) in [4.78, 5) is 22.4. The molecular formula is C18H30O5. The SMILES string of the molecule is CCCCC[C@H]1C(=O)C[C@H](O)[C@H]1/C=C/[C@@H](O)CCCCC(=O)O. The Morgan fingerprint density at radius 1 is 1.30 bits per heavy atom. The topological polar surface area (TPSA) is 94.8 Å². The molecule has 0 spiro atoms. The van der Waals surface area contributed by atoms with E-state index in [9.17, 15) is 19.8 Å². The van der Waals surface area contributed by atoms with Gasteiger partial charge in [0, 0.05) is 24.7 Å². The Labute approximate surface area is 138 Å². The second kappa shape index (κ2) is 10.6. The van der Waals surface area contributed by atoms with Crippen LogP contribution in [0.4, 0.5) is 0 Å². The minimum atomic E-state index is -0.822. The average Bonchev–Trinajstić information content (AvgIpc) is 2.75. The number of rotatable bonds is 11. The van der Waals surface area contributed by atoms with E-state index < -0.39 is 18.2 Å². The maximum absolute atomic E-state index is 12.0. The lowest BCUT2D eigenvalue weighted by Crippen LogP contribution is -2.19. The third-order valence-corrected chi connectivity index (χ3v) is 4.55. The molecule has 0 aromatic heterocycles. The van der Waals surface area contributed by atoms with Crippen LogP contribution in [-0.4, -0.2) is 39.3 Å². The molecule has 1 saturated carbocycles. The van der Waals surface area contributed by atoms with Gasteiger partial charge < -0.3 is 15.3 Å². The smallest absolute Gasteiger partial charge is 0.303 e. The van der Waals surface area contributed by atoms with Crippen molar-refractivity contribution in [2.75, 3.05) is 0 Å². The van der Waals surface area contributed by atoms with Crippen LogP contribution in [-0.2, 0) is 9.59 Å². The van der Waals surface area contributed by atoms with E-state index in [1.54, 1.807) is 12.2 Å². The maximum Gasteiger partial charge on any atom is 0.303 e. The summed E-state index contributed by atoms with van der Waals surface area (Å²) in [6, 6.07) is 0. The van der Waals surface area contributed by atoms with Crippen LogP contribution in [0.1, 0.15) is 64.7 Å². The Balaban J connectivity index is 2.44. The highest BCUT2D eigenvalue weighted by Gasteiger charge is 2.39. The molecule has 0 aliphatic heterocycles. The Bertz CT molecular complexity index is 404. The monoisotopic (exact) mass is 326 g/mol. The molecule has 4 atom stereocenters. The summed E-state index contributed by atoms with van der Waals surface area (Å²) in [5.41, 5.74) is 0. The molecular weight excluding hydrogens is 296 g/mol. The minimum Gasteiger partial charge on any atom is -0.481 e. The molecule has 1 fully saturated rings. The van der Waals surface area contributed by atoms with E-state index in [-0.39, 0.29) is 30.5 Å². The summed E-state index contributed by atoms with van der Waals surface area (Å²) >= 11 is 0. The number of hydrogen-bond donors (Lipinski definition) is 3. The average molecular weight is 326 g/mol. The minimum absolute atomic E-state index is 0.117. The molecule has 0 saturated heterocycles. The van der Waals surface area contributed by atoms with Crippen LogP contribution in [0.3, 0.4) is 0 Å². The van der Waals surface area contributed by atoms with E-state index >= 15 is 0 Å². The summed E-state index contributed by atoms with van der Waals surface area (Å²) in [6.45, 7) is 2.11. The van der Waals surface area contributed by atoms with Crippen LogP contribution < -0.4 is 0 Å². The highest BCUT2D eigenvalue weighted by atomic mass is 16.4. The van der Waals surface area contributed by atoms with E-state index in [1.165, 1.54) is 0 Å². The Morgan fingerprint density at radius 3 is 2.70 bits per heavy atom. The lowest BCUT2D eigenvalue weighted by molar-refractivity contribution is -0.137. The molecule has 0 bridgehead atoms. The predicted octanol–water partition coefficient (Wildman–Crippen LogP) is 2.69. The molecule has 0 unspecified atom stereocenters. The number of aliphatic hydroxyl groups excluding tert-OH is 2. The maximum atomic E-state index is 12.0. The first-order valence-electron chi connectivity index (χ1n) is 8.74. The van der Waals surface area contributed by atoms with Gasteiger partial charge in [-0.1, -0.05) is 38.3 Å². The second-order valence-electron chi connectivity index (χ2n) is 6.51. The summed E-state index contributed by atoms with van der Waals surface area (Å²) in [5.74, 6) is -1.03. The van der Waals surface area contributed by atoms with Crippen molar-refractivity contribution >= 4 is 11.8 Å². The van der Waals surface area contributed by atoms with Crippen molar-refractivity contribution in [2.24, 2.45) is 11.8 Å². The molecule has 1 aliphatic rings. The van der Waals surface area contributed by atoms with Gasteiger partial charge in [0.1, 0.15) is 5.78 Å². The standard InChI is InChI=1S/C18H30O5/c1-2-3-4-8-14-15(17(21)12-16(14)20)11-10-13(19)7-5-6-9-18(22)23/h10-11,13-15,17,19,21H,2-9,12H2,1H3,(H,22,23)/b11-10+/t13-,14+,15-,17-/m0/s1. The van der Waals surface area contributed by atoms with Crippen molar-refractivity contribution in [3.8, 4) is 0 Å². The summed E-state index contributed by atoms with van der Waals surface area (Å²) in [5, 5.41) is 28.5. The third-order valence-electron chi connectivity index (χ3n) is 4.55. The second-order valence-corrected chi connectivity index (χ2v) is 6.51. The molecule has 23 heavy (non-hydrogen) atoms. The first-order valence-corrected chi connectivity index (χ1v) is 8.74. The number of aliphatic carboxylic acids is 1.